The van der Waals surface area contributed by atoms with Crippen LogP contribution in [0.1, 0.15) is 35.1 Å². The highest BCUT2D eigenvalue weighted by Crippen LogP contribution is 2.10. The first-order valence-electron chi connectivity index (χ1n) is 4.06. The van der Waals surface area contributed by atoms with Gasteiger partial charge in [0.25, 0.3) is 0 Å². The Morgan fingerprint density at radius 3 is 2.33 bits per heavy atom. The second-order valence-electron chi connectivity index (χ2n) is 3.20. The van der Waals surface area contributed by atoms with Crippen LogP contribution in [0.2, 0.25) is 0 Å². The Bertz CT molecular complexity index is 96.0. The fourth-order valence-electron chi connectivity index (χ4n) is 1.50. The summed E-state index contributed by atoms with van der Waals surface area (Å²) >= 11 is 0. The van der Waals surface area contributed by atoms with Gasteiger partial charge in [-0.25, -0.2) is 0 Å². The summed E-state index contributed by atoms with van der Waals surface area (Å²) in [5, 5.41) is 0. The van der Waals surface area contributed by atoms with Crippen LogP contribution in [0.4, 0.5) is 0 Å². The highest BCUT2D eigenvalue weighted by atomic mass is 16.5. The first-order valence-corrected chi connectivity index (χ1v) is 4.06. The minimum Gasteiger partial charge on any atom is -0.373 e. The van der Waals surface area contributed by atoms with Crippen LogP contribution < -0.4 is 0 Å². The molecule has 0 aromatic heterocycles. The lowest BCUT2D eigenvalue weighted by molar-refractivity contribution is -0.0703. The number of ether oxygens (including phenoxy) is 1. The zero-order valence-electron chi connectivity index (χ0n) is 7.13. The van der Waals surface area contributed by atoms with E-state index in [0.29, 0.717) is 12.2 Å². The highest BCUT2D eigenvalue weighted by Gasteiger charge is 2.20. The Labute approximate surface area is 77.9 Å². The smallest absolute Gasteiger partial charge is 0.0703 e. The van der Waals surface area contributed by atoms with Crippen molar-refractivity contribution in [3.8, 4) is 0 Å². The molecule has 1 aliphatic rings. The summed E-state index contributed by atoms with van der Waals surface area (Å²) in [6.45, 7) is 6.49. The van der Waals surface area contributed by atoms with E-state index in [1.807, 2.05) is 0 Å². The monoisotopic (exact) mass is 175 g/mol. The van der Waals surface area contributed by atoms with Gasteiger partial charge in [-0.3, -0.25) is 0 Å². The molecule has 2 nitrogen and oxygen atoms in total. The predicted molar refractivity (Wildman–Crippen MR) is 55.6 cm³/mol. The van der Waals surface area contributed by atoms with E-state index in [1.54, 1.807) is 0 Å². The molecule has 0 radical (unpaired) electrons. The minimum absolute atomic E-state index is 0. The lowest BCUT2D eigenvalue weighted by Crippen LogP contribution is -2.44. The molecular weight excluding hydrogens is 150 g/mol. The minimum atomic E-state index is 0. The Morgan fingerprint density at radius 1 is 1.33 bits per heavy atom. The van der Waals surface area contributed by atoms with Gasteiger partial charge in [-0.1, -0.05) is 21.8 Å². The van der Waals surface area contributed by atoms with Crippen molar-refractivity contribution in [3.63, 3.8) is 0 Å². The Morgan fingerprint density at radius 2 is 1.92 bits per heavy atom. The van der Waals surface area contributed by atoms with E-state index in [-0.39, 0.29) is 14.9 Å². The van der Waals surface area contributed by atoms with E-state index in [9.17, 15) is 0 Å². The van der Waals surface area contributed by atoms with Gasteiger partial charge in [0.2, 0.25) is 0 Å². The van der Waals surface area contributed by atoms with E-state index in [0.717, 1.165) is 19.5 Å². The standard InChI is InChI=1S/C8H17NO.2CH4/c1-4-8-6-9(3)5-7(2)10-8;;/h7-8H,4-6H2,1-3H3;2*1H4. The first kappa shape index (κ1) is 14.4. The molecule has 0 aliphatic carbocycles. The Kier molecular flexibility index (Phi) is 7.75. The van der Waals surface area contributed by atoms with Gasteiger partial charge in [0.1, 0.15) is 0 Å². The largest absolute Gasteiger partial charge is 0.373 e. The molecule has 0 spiro atoms. The predicted octanol–water partition coefficient (Wildman–Crippen LogP) is 2.39. The van der Waals surface area contributed by atoms with Crippen LogP contribution in [0.5, 0.6) is 0 Å². The molecule has 0 aromatic carbocycles. The molecule has 0 amide bonds. The molecule has 2 atom stereocenters. The summed E-state index contributed by atoms with van der Waals surface area (Å²) in [4.78, 5) is 2.34. The normalized spacial score (nSPS) is 30.2. The summed E-state index contributed by atoms with van der Waals surface area (Å²) < 4.78 is 5.66. The molecule has 2 heteroatoms. The summed E-state index contributed by atoms with van der Waals surface area (Å²) in [5.41, 5.74) is 0. The van der Waals surface area contributed by atoms with Gasteiger partial charge in [-0.05, 0) is 20.4 Å². The molecule has 0 aromatic rings. The third-order valence-electron chi connectivity index (χ3n) is 1.96. The van der Waals surface area contributed by atoms with Gasteiger partial charge >= 0.3 is 0 Å². The third-order valence-corrected chi connectivity index (χ3v) is 1.96. The summed E-state index contributed by atoms with van der Waals surface area (Å²) in [6, 6.07) is 0. The maximum atomic E-state index is 5.66. The zero-order valence-corrected chi connectivity index (χ0v) is 7.13. The SMILES string of the molecule is C.C.CCC1CN(C)CC(C)O1. The van der Waals surface area contributed by atoms with Crippen molar-refractivity contribution in [2.75, 3.05) is 20.1 Å². The van der Waals surface area contributed by atoms with E-state index in [1.165, 1.54) is 0 Å². The summed E-state index contributed by atoms with van der Waals surface area (Å²) in [5.74, 6) is 0. The fraction of sp³-hybridized carbons (Fsp3) is 1.00. The number of hydrogen-bond acceptors (Lipinski definition) is 2. The molecule has 0 saturated carbocycles. The van der Waals surface area contributed by atoms with E-state index >= 15 is 0 Å². The summed E-state index contributed by atoms with van der Waals surface area (Å²) in [6.07, 6.45) is 2.02. The first-order chi connectivity index (χ1) is 4.72. The van der Waals surface area contributed by atoms with Gasteiger partial charge in [0.05, 0.1) is 12.2 Å². The van der Waals surface area contributed by atoms with Crippen molar-refractivity contribution < 1.29 is 4.74 Å². The van der Waals surface area contributed by atoms with Crippen molar-refractivity contribution in [1.82, 2.24) is 4.90 Å². The van der Waals surface area contributed by atoms with E-state index in [2.05, 4.69) is 25.8 Å². The maximum absolute atomic E-state index is 5.66. The summed E-state index contributed by atoms with van der Waals surface area (Å²) in [7, 11) is 2.15. The fourth-order valence-corrected chi connectivity index (χ4v) is 1.50. The molecule has 0 N–H and O–H groups in total. The van der Waals surface area contributed by atoms with E-state index < -0.39 is 0 Å². The molecule has 1 heterocycles. The molecule has 1 saturated heterocycles. The number of likely N-dealkylation sites (N-methyl/N-ethyl adjacent to an activating group) is 1. The van der Waals surface area contributed by atoms with Crippen molar-refractivity contribution in [2.45, 2.75) is 47.3 Å². The van der Waals surface area contributed by atoms with Gasteiger partial charge in [0.15, 0.2) is 0 Å². The number of hydrogen-bond donors (Lipinski definition) is 0. The van der Waals surface area contributed by atoms with Gasteiger partial charge in [-0.2, -0.15) is 0 Å². The average Bonchev–Trinajstić information content (AvgIpc) is 1.85. The van der Waals surface area contributed by atoms with E-state index in [4.69, 9.17) is 4.74 Å². The van der Waals surface area contributed by atoms with Crippen molar-refractivity contribution in [3.05, 3.63) is 0 Å². The average molecular weight is 175 g/mol. The second-order valence-corrected chi connectivity index (χ2v) is 3.20. The van der Waals surface area contributed by atoms with Crippen LogP contribution in [0.15, 0.2) is 0 Å². The quantitative estimate of drug-likeness (QED) is 0.607. The number of nitrogens with zero attached hydrogens (tertiary/aromatic N) is 1. The third kappa shape index (κ3) is 4.07. The molecule has 1 aliphatic heterocycles. The van der Waals surface area contributed by atoms with Crippen LogP contribution >= 0.6 is 0 Å². The van der Waals surface area contributed by atoms with Crippen LogP contribution in [0.3, 0.4) is 0 Å². The van der Waals surface area contributed by atoms with Crippen LogP contribution in [0, 0.1) is 0 Å². The van der Waals surface area contributed by atoms with Crippen LogP contribution in [-0.2, 0) is 4.74 Å². The lowest BCUT2D eigenvalue weighted by atomic mass is 10.2. The molecule has 12 heavy (non-hydrogen) atoms. The molecule has 1 fully saturated rings. The molecule has 2 unspecified atom stereocenters. The van der Waals surface area contributed by atoms with Gasteiger partial charge in [-0.15, -0.1) is 0 Å². The number of morpholine rings is 1. The molecule has 76 valence electrons. The van der Waals surface area contributed by atoms with Crippen LogP contribution in [0.25, 0.3) is 0 Å². The topological polar surface area (TPSA) is 12.5 Å². The Balaban J connectivity index is 0. The Hall–Kier alpha value is -0.0800. The van der Waals surface area contributed by atoms with Gasteiger partial charge in [0, 0.05) is 13.1 Å². The number of rotatable bonds is 1. The lowest BCUT2D eigenvalue weighted by Gasteiger charge is -2.33. The molecule has 0 bridgehead atoms. The van der Waals surface area contributed by atoms with Crippen LogP contribution in [-0.4, -0.2) is 37.2 Å². The van der Waals surface area contributed by atoms with Crippen molar-refractivity contribution in [2.24, 2.45) is 0 Å². The van der Waals surface area contributed by atoms with Crippen molar-refractivity contribution in [1.29, 1.82) is 0 Å². The second kappa shape index (κ2) is 6.44. The molecule has 1 rings (SSSR count). The highest BCUT2D eigenvalue weighted by molar-refractivity contribution is 4.71. The van der Waals surface area contributed by atoms with Crippen molar-refractivity contribution >= 4 is 0 Å². The van der Waals surface area contributed by atoms with Gasteiger partial charge < -0.3 is 9.64 Å². The zero-order chi connectivity index (χ0) is 7.56. The molecular formula is C10H25NO. The maximum Gasteiger partial charge on any atom is 0.0703 e.